The normalized spacial score (nSPS) is 15.0. The number of hydrogen-bond acceptors (Lipinski definition) is 13. The number of nitrogen functional groups attached to an aromatic ring is 2. The molecule has 2 aliphatic heterocycles. The Labute approximate surface area is 412 Å². The highest BCUT2D eigenvalue weighted by Gasteiger charge is 2.34. The van der Waals surface area contributed by atoms with Gasteiger partial charge in [-0.25, -0.2) is 24.7 Å². The van der Waals surface area contributed by atoms with Gasteiger partial charge in [0.15, 0.2) is 11.6 Å². The van der Waals surface area contributed by atoms with Crippen LogP contribution in [0.2, 0.25) is 0 Å². The number of benzene rings is 3. The molecule has 0 atom stereocenters. The van der Waals surface area contributed by atoms with E-state index >= 15 is 0 Å². The third-order valence-electron chi connectivity index (χ3n) is 12.8. The van der Waals surface area contributed by atoms with E-state index in [0.717, 1.165) is 83.0 Å². The molecular formula is C53H57ClN8O4S2. The van der Waals surface area contributed by atoms with E-state index in [-0.39, 0.29) is 53.7 Å². The van der Waals surface area contributed by atoms with E-state index in [0.29, 0.717) is 53.6 Å². The molecule has 4 aromatic heterocycles. The van der Waals surface area contributed by atoms with Gasteiger partial charge in [0.25, 0.3) is 0 Å². The Balaban J connectivity index is 0.000000205. The number of piperidine rings is 2. The largest absolute Gasteiger partial charge is 0.415 e. The van der Waals surface area contributed by atoms with Crippen LogP contribution in [0.1, 0.15) is 83.0 Å². The number of para-hydroxylation sites is 1. The summed E-state index contributed by atoms with van der Waals surface area (Å²) in [6.45, 7) is 7.80. The number of ether oxygens (including phenoxy) is 1. The third kappa shape index (κ3) is 13.0. The Kier molecular flexibility index (Phi) is 16.5. The molecule has 12 nitrogen and oxygen atoms in total. The summed E-state index contributed by atoms with van der Waals surface area (Å²) < 4.78 is 5.47. The minimum Gasteiger partial charge on any atom is -0.410 e. The van der Waals surface area contributed by atoms with Crippen molar-refractivity contribution in [3.05, 3.63) is 160 Å². The smallest absolute Gasteiger partial charge is 0.410 e. The van der Waals surface area contributed by atoms with Gasteiger partial charge in [0.05, 0.1) is 11.1 Å². The standard InChI is InChI=1S/C30H30N4O3S.C23H26N4OS.ClH/c1-30(11-13-34(14-12-30)29(36)37-24-6-3-2-4-7-24)18-28-32-19-23(20-33-28)26(35)17-22-16-21(9-10-25(22)31)27-8-5-15-38-27;1-23(6-8-25-9-7-23)13-22-26-14-18(15-27-22)20(28)12-17-11-16(4-5-19(17)24)21-3-2-10-29-21;/h2-10,15-16,19-20H,11-14,17-18,31H2,1H3;2-5,10-11,14-15,25H,6-9,12-13,24H2,1H3;1H. The predicted octanol–water partition coefficient (Wildman–Crippen LogP) is 10.6. The van der Waals surface area contributed by atoms with Gasteiger partial charge in [-0.3, -0.25) is 9.59 Å². The van der Waals surface area contributed by atoms with E-state index in [1.807, 2.05) is 77.5 Å². The molecule has 2 saturated heterocycles. The zero-order valence-electron chi connectivity index (χ0n) is 38.4. The second-order valence-corrected chi connectivity index (χ2v) is 20.0. The molecule has 0 saturated carbocycles. The van der Waals surface area contributed by atoms with Gasteiger partial charge in [0.2, 0.25) is 0 Å². The summed E-state index contributed by atoms with van der Waals surface area (Å²) in [5.41, 5.74) is 18.5. The fourth-order valence-corrected chi connectivity index (χ4v) is 9.92. The minimum atomic E-state index is -0.320. The molecule has 2 fully saturated rings. The molecule has 0 radical (unpaired) electrons. The van der Waals surface area contributed by atoms with Crippen LogP contribution in [0, 0.1) is 10.8 Å². The second kappa shape index (κ2) is 22.7. The molecule has 6 heterocycles. The Morgan fingerprint density at radius 3 is 1.53 bits per heavy atom. The number of aromatic nitrogens is 4. The topological polar surface area (TPSA) is 179 Å². The molecule has 1 amide bonds. The lowest BCUT2D eigenvalue weighted by molar-refractivity contribution is 0.0983. The van der Waals surface area contributed by atoms with Gasteiger partial charge in [0.1, 0.15) is 17.4 Å². The third-order valence-corrected chi connectivity index (χ3v) is 14.6. The number of nitrogens with zero attached hydrogens (tertiary/aromatic N) is 5. The average Bonchev–Trinajstić information content (AvgIpc) is 4.09. The van der Waals surface area contributed by atoms with Gasteiger partial charge in [-0.15, -0.1) is 35.1 Å². The Bertz CT molecular complexity index is 2760. The maximum absolute atomic E-state index is 13.0. The summed E-state index contributed by atoms with van der Waals surface area (Å²) in [5, 5.41) is 7.46. The quantitative estimate of drug-likeness (QED) is 0.0739. The minimum absolute atomic E-state index is 0. The number of carbonyl (C=O) groups excluding carboxylic acids is 3. The molecule has 2 aliphatic rings. The Hall–Kier alpha value is -6.32. The number of nitrogens with one attached hydrogen (secondary N) is 1. The van der Waals surface area contributed by atoms with Crippen molar-refractivity contribution in [3.63, 3.8) is 0 Å². The first-order valence-corrected chi connectivity index (χ1v) is 24.4. The summed E-state index contributed by atoms with van der Waals surface area (Å²) in [5.74, 6) is 1.98. The number of nitrogens with two attached hydrogens (primary N) is 2. The monoisotopic (exact) mass is 968 g/mol. The number of likely N-dealkylation sites (tertiary alicyclic amines) is 1. The fourth-order valence-electron chi connectivity index (χ4n) is 8.47. The summed E-state index contributed by atoms with van der Waals surface area (Å²) in [4.78, 5) is 60.3. The molecule has 9 rings (SSSR count). The molecule has 68 heavy (non-hydrogen) atoms. The van der Waals surface area contributed by atoms with E-state index in [1.54, 1.807) is 64.5 Å². The highest BCUT2D eigenvalue weighted by atomic mass is 35.5. The zero-order chi connectivity index (χ0) is 46.8. The molecule has 15 heteroatoms. The van der Waals surface area contributed by atoms with Crippen molar-refractivity contribution in [2.75, 3.05) is 37.6 Å². The molecule has 7 aromatic rings. The van der Waals surface area contributed by atoms with Crippen molar-refractivity contribution < 1.29 is 19.1 Å². The fraction of sp³-hybridized carbons (Fsp3) is 0.302. The van der Waals surface area contributed by atoms with Gasteiger partial charge in [-0.2, -0.15) is 0 Å². The average molecular weight is 970 g/mol. The van der Waals surface area contributed by atoms with Crippen molar-refractivity contribution in [1.82, 2.24) is 30.2 Å². The van der Waals surface area contributed by atoms with Crippen LogP contribution in [0.15, 0.2) is 127 Å². The summed E-state index contributed by atoms with van der Waals surface area (Å²) >= 11 is 3.32. The lowest BCUT2D eigenvalue weighted by Crippen LogP contribution is -2.44. The van der Waals surface area contributed by atoms with Crippen LogP contribution in [0.25, 0.3) is 20.9 Å². The first-order valence-electron chi connectivity index (χ1n) is 22.7. The van der Waals surface area contributed by atoms with Crippen LogP contribution in [0.4, 0.5) is 16.2 Å². The number of ketones is 2. The molecule has 3 aromatic carbocycles. The molecule has 0 unspecified atom stereocenters. The van der Waals surface area contributed by atoms with Crippen molar-refractivity contribution in [2.45, 2.75) is 65.2 Å². The number of anilines is 2. The van der Waals surface area contributed by atoms with Crippen molar-refractivity contribution in [1.29, 1.82) is 0 Å². The van der Waals surface area contributed by atoms with Gasteiger partial charge in [0, 0.05) is 84.7 Å². The van der Waals surface area contributed by atoms with Crippen molar-refractivity contribution >= 4 is 64.1 Å². The lowest BCUT2D eigenvalue weighted by atomic mass is 9.77. The van der Waals surface area contributed by atoms with Gasteiger partial charge in [-0.05, 0) is 131 Å². The number of thiophene rings is 2. The van der Waals surface area contributed by atoms with Crippen LogP contribution in [0.3, 0.4) is 0 Å². The van der Waals surface area contributed by atoms with Crippen LogP contribution in [0.5, 0.6) is 5.75 Å². The van der Waals surface area contributed by atoms with E-state index in [9.17, 15) is 14.4 Å². The lowest BCUT2D eigenvalue weighted by Gasteiger charge is -2.38. The molecule has 352 valence electrons. The van der Waals surface area contributed by atoms with Gasteiger partial charge < -0.3 is 26.4 Å². The van der Waals surface area contributed by atoms with E-state index in [2.05, 4.69) is 51.2 Å². The molecule has 5 N–H and O–H groups in total. The first kappa shape index (κ1) is 49.6. The number of amides is 1. The van der Waals surface area contributed by atoms with Crippen molar-refractivity contribution in [2.24, 2.45) is 10.8 Å². The Morgan fingerprint density at radius 1 is 0.632 bits per heavy atom. The molecule has 0 spiro atoms. The predicted molar refractivity (Wildman–Crippen MR) is 275 cm³/mol. The van der Waals surface area contributed by atoms with Crippen LogP contribution in [-0.2, 0) is 25.7 Å². The van der Waals surface area contributed by atoms with E-state index in [1.165, 1.54) is 0 Å². The summed E-state index contributed by atoms with van der Waals surface area (Å²) in [7, 11) is 0. The van der Waals surface area contributed by atoms with Gasteiger partial charge in [-0.1, -0.05) is 56.3 Å². The molecule has 0 aliphatic carbocycles. The SMILES string of the molecule is CC1(Cc2ncc(C(=O)Cc3cc(-c4cccs4)ccc3N)cn2)CCN(C(=O)Oc2ccccc2)CC1.CC1(Cc2ncc(C(=O)Cc3cc(-c4cccs4)ccc3N)cn2)CCNCC1.Cl. The number of hydrogen-bond donors (Lipinski definition) is 3. The maximum Gasteiger partial charge on any atom is 0.415 e. The van der Waals surface area contributed by atoms with E-state index in [4.69, 9.17) is 16.2 Å². The number of Topliss-reactive ketones (excluding diaryl/α,β-unsaturated/α-hetero) is 2. The highest BCUT2D eigenvalue weighted by Crippen LogP contribution is 2.35. The second-order valence-electron chi connectivity index (χ2n) is 18.2. The summed E-state index contributed by atoms with van der Waals surface area (Å²) in [6.07, 6.45) is 12.1. The highest BCUT2D eigenvalue weighted by molar-refractivity contribution is 7.13. The summed E-state index contributed by atoms with van der Waals surface area (Å²) in [6, 6.07) is 28.9. The number of rotatable bonds is 13. The first-order chi connectivity index (χ1) is 32.4. The van der Waals surface area contributed by atoms with E-state index < -0.39 is 0 Å². The molecule has 0 bridgehead atoms. The van der Waals surface area contributed by atoms with Crippen molar-refractivity contribution in [3.8, 4) is 26.6 Å². The van der Waals surface area contributed by atoms with Crippen LogP contribution in [-0.4, -0.2) is 68.7 Å². The number of carbonyl (C=O) groups is 3. The van der Waals surface area contributed by atoms with Crippen LogP contribution < -0.4 is 21.5 Å². The zero-order valence-corrected chi connectivity index (χ0v) is 40.8. The Morgan fingerprint density at radius 2 is 1.09 bits per heavy atom. The van der Waals surface area contributed by atoms with Crippen LogP contribution >= 0.6 is 35.1 Å². The maximum atomic E-state index is 13.0. The number of halogens is 1. The molecular weight excluding hydrogens is 912 g/mol. The van der Waals surface area contributed by atoms with Gasteiger partial charge >= 0.3 is 6.09 Å².